The molecule has 4 nitrogen and oxygen atoms in total. The summed E-state index contributed by atoms with van der Waals surface area (Å²) >= 11 is 3.66. The number of nitrogens with zero attached hydrogens (tertiary/aromatic N) is 2. The van der Waals surface area contributed by atoms with Gasteiger partial charge in [-0.15, -0.1) is 0 Å². The molecule has 0 atom stereocenters. The zero-order valence-electron chi connectivity index (χ0n) is 24.9. The van der Waals surface area contributed by atoms with Gasteiger partial charge in [-0.1, -0.05) is 82.9 Å². The van der Waals surface area contributed by atoms with Crippen molar-refractivity contribution in [3.8, 4) is 11.5 Å². The molecule has 210 valence electrons. The average Bonchev–Trinajstić information content (AvgIpc) is 3.47. The van der Waals surface area contributed by atoms with Crippen molar-refractivity contribution in [2.45, 2.75) is 65.8 Å². The first-order valence-electron chi connectivity index (χ1n) is 14.1. The zero-order valence-corrected chi connectivity index (χ0v) is 26.5. The minimum atomic E-state index is 0.656. The van der Waals surface area contributed by atoms with E-state index in [0.29, 0.717) is 11.8 Å². The molecule has 39 heavy (non-hydrogen) atoms. The lowest BCUT2D eigenvalue weighted by molar-refractivity contribution is -0.669. The quantitative estimate of drug-likeness (QED) is 0.171. The maximum atomic E-state index is 5.49. The third kappa shape index (κ3) is 8.15. The summed E-state index contributed by atoms with van der Waals surface area (Å²) in [6.07, 6.45) is 13.2. The number of thioether (sulfide) groups is 1. The minimum absolute atomic E-state index is 0.656. The summed E-state index contributed by atoms with van der Waals surface area (Å²) in [6.45, 7) is 15.1. The van der Waals surface area contributed by atoms with Gasteiger partial charge in [0.15, 0.2) is 6.54 Å². The number of fused-ring (bicyclic) bond motifs is 2. The van der Waals surface area contributed by atoms with Crippen molar-refractivity contribution in [3.05, 3.63) is 70.7 Å². The topological polar surface area (TPSA) is 25.6 Å². The van der Waals surface area contributed by atoms with Crippen LogP contribution >= 0.6 is 23.1 Å². The first-order valence-corrected chi connectivity index (χ1v) is 15.7. The van der Waals surface area contributed by atoms with E-state index < -0.39 is 0 Å². The Balaban J connectivity index is 0.00000205. The summed E-state index contributed by atoms with van der Waals surface area (Å²) in [6, 6.07) is 12.7. The van der Waals surface area contributed by atoms with Gasteiger partial charge in [-0.05, 0) is 48.6 Å². The predicted molar refractivity (Wildman–Crippen MR) is 171 cm³/mol. The molecule has 2 aromatic carbocycles. The summed E-state index contributed by atoms with van der Waals surface area (Å²) in [5, 5.41) is 2.52. The van der Waals surface area contributed by atoms with E-state index in [9.17, 15) is 0 Å². The molecule has 0 radical (unpaired) electrons. The molecule has 0 saturated heterocycles. The molecule has 0 aliphatic carbocycles. The van der Waals surface area contributed by atoms with E-state index in [1.54, 1.807) is 14.2 Å². The van der Waals surface area contributed by atoms with Gasteiger partial charge in [-0.2, -0.15) is 4.57 Å². The van der Waals surface area contributed by atoms with Crippen molar-refractivity contribution in [1.29, 1.82) is 0 Å². The van der Waals surface area contributed by atoms with Crippen molar-refractivity contribution in [2.24, 2.45) is 11.8 Å². The monoisotopic (exact) mass is 565 g/mol. The van der Waals surface area contributed by atoms with E-state index in [0.717, 1.165) is 37.4 Å². The van der Waals surface area contributed by atoms with Gasteiger partial charge in [0, 0.05) is 30.0 Å². The van der Waals surface area contributed by atoms with Crippen LogP contribution in [0.5, 0.6) is 11.5 Å². The van der Waals surface area contributed by atoms with Crippen LogP contribution in [0.25, 0.3) is 16.3 Å². The molecule has 0 amide bonds. The number of thiazole rings is 1. The molecule has 3 aromatic rings. The molecule has 6 heteroatoms. The molecule has 0 unspecified atom stereocenters. The molecule has 0 N–H and O–H groups in total. The number of rotatable bonds is 11. The van der Waals surface area contributed by atoms with E-state index in [2.05, 4.69) is 91.8 Å². The molecule has 4 rings (SSSR count). The van der Waals surface area contributed by atoms with Crippen LogP contribution in [0, 0.1) is 11.8 Å². The highest BCUT2D eigenvalue weighted by molar-refractivity contribution is 8.03. The fourth-order valence-electron chi connectivity index (χ4n) is 4.24. The number of benzene rings is 2. The van der Waals surface area contributed by atoms with Gasteiger partial charge >= 0.3 is 0 Å². The molecule has 0 saturated carbocycles. The second kappa shape index (κ2) is 15.2. The first kappa shape index (κ1) is 30.8. The molecular formula is C33H45N2O2S2+. The van der Waals surface area contributed by atoms with Gasteiger partial charge in [0.25, 0.3) is 5.01 Å². The Morgan fingerprint density at radius 2 is 1.56 bits per heavy atom. The molecule has 2 heterocycles. The van der Waals surface area contributed by atoms with Crippen molar-refractivity contribution >= 4 is 45.1 Å². The highest BCUT2D eigenvalue weighted by Gasteiger charge is 2.25. The smallest absolute Gasteiger partial charge is 0.262 e. The first-order chi connectivity index (χ1) is 18.9. The number of hydrogen-bond acceptors (Lipinski definition) is 5. The van der Waals surface area contributed by atoms with Gasteiger partial charge < -0.3 is 14.4 Å². The van der Waals surface area contributed by atoms with Crippen molar-refractivity contribution in [2.75, 3.05) is 25.7 Å². The lowest BCUT2D eigenvalue weighted by Gasteiger charge is -2.21. The number of methoxy groups -OCH3 is 2. The Bertz CT molecular complexity index is 1300. The Labute approximate surface area is 244 Å². The van der Waals surface area contributed by atoms with Crippen LogP contribution in [0.3, 0.4) is 0 Å². The van der Waals surface area contributed by atoms with Crippen LogP contribution in [-0.2, 0) is 6.54 Å². The van der Waals surface area contributed by atoms with Crippen LogP contribution in [0.4, 0.5) is 5.69 Å². The third-order valence-electron chi connectivity index (χ3n) is 6.43. The molecule has 1 aliphatic rings. The fourth-order valence-corrected chi connectivity index (χ4v) is 6.40. The average molecular weight is 566 g/mol. The molecule has 0 fully saturated rings. The number of anilines is 1. The van der Waals surface area contributed by atoms with Crippen LogP contribution in [-0.4, -0.2) is 20.8 Å². The van der Waals surface area contributed by atoms with Crippen molar-refractivity contribution < 1.29 is 14.0 Å². The van der Waals surface area contributed by atoms with Gasteiger partial charge in [0.1, 0.15) is 16.2 Å². The lowest BCUT2D eigenvalue weighted by Crippen LogP contribution is -2.35. The minimum Gasteiger partial charge on any atom is -0.497 e. The van der Waals surface area contributed by atoms with E-state index in [-0.39, 0.29) is 0 Å². The molecular weight excluding hydrogens is 521 g/mol. The normalized spacial score (nSPS) is 14.2. The predicted octanol–water partition coefficient (Wildman–Crippen LogP) is 9.35. The second-order valence-corrected chi connectivity index (χ2v) is 12.3. The maximum absolute atomic E-state index is 5.49. The van der Waals surface area contributed by atoms with Crippen LogP contribution in [0.2, 0.25) is 0 Å². The Morgan fingerprint density at radius 1 is 0.872 bits per heavy atom. The summed E-state index contributed by atoms with van der Waals surface area (Å²) in [5.74, 6) is 3.12. The number of hydrogen-bond donors (Lipinski definition) is 0. The third-order valence-corrected chi connectivity index (χ3v) is 8.70. The van der Waals surface area contributed by atoms with E-state index in [4.69, 9.17) is 9.47 Å². The number of aryl methyl sites for hydroxylation is 1. The summed E-state index contributed by atoms with van der Waals surface area (Å²) < 4.78 is 14.7. The van der Waals surface area contributed by atoms with Gasteiger partial charge in [0.05, 0.1) is 31.0 Å². The molecule has 0 spiro atoms. The van der Waals surface area contributed by atoms with Gasteiger partial charge in [0.2, 0.25) is 5.52 Å². The molecule has 1 aromatic heterocycles. The van der Waals surface area contributed by atoms with E-state index in [1.165, 1.54) is 30.8 Å². The van der Waals surface area contributed by atoms with Crippen LogP contribution in [0.15, 0.2) is 70.6 Å². The second-order valence-electron chi connectivity index (χ2n) is 10.1. The number of aromatic nitrogens is 1. The van der Waals surface area contributed by atoms with Gasteiger partial charge in [-0.3, -0.25) is 0 Å². The lowest BCUT2D eigenvalue weighted by atomic mass is 10.1. The molecule has 1 aliphatic heterocycles. The Hall–Kier alpha value is -2.70. The summed E-state index contributed by atoms with van der Waals surface area (Å²) in [5.41, 5.74) is 2.49. The van der Waals surface area contributed by atoms with Gasteiger partial charge in [-0.25, -0.2) is 0 Å². The van der Waals surface area contributed by atoms with Crippen molar-refractivity contribution in [1.82, 2.24) is 0 Å². The maximum Gasteiger partial charge on any atom is 0.262 e. The summed E-state index contributed by atoms with van der Waals surface area (Å²) in [7, 11) is 3.46. The van der Waals surface area contributed by atoms with E-state index in [1.807, 2.05) is 49.1 Å². The fraction of sp³-hybridized carbons (Fsp3) is 0.424. The highest BCUT2D eigenvalue weighted by Crippen LogP contribution is 2.47. The Morgan fingerprint density at radius 3 is 2.26 bits per heavy atom. The van der Waals surface area contributed by atoms with E-state index >= 15 is 0 Å². The number of ether oxygens (including phenoxy) is 2. The molecule has 0 bridgehead atoms. The van der Waals surface area contributed by atoms with Crippen LogP contribution < -0.4 is 18.9 Å². The zero-order chi connectivity index (χ0) is 28.4. The Kier molecular flexibility index (Phi) is 12.0. The number of allylic oxidation sites excluding steroid dienone is 4. The summed E-state index contributed by atoms with van der Waals surface area (Å²) in [4.78, 5) is 3.71. The van der Waals surface area contributed by atoms with Crippen molar-refractivity contribution in [3.63, 3.8) is 0 Å². The standard InChI is InChI=1S/C31H39N2O2S2.C2H6/c1-22(2)16-18-32-26-20-24(34-5)12-14-28(26)36-30(32)10-8-7-9-11-31-33(19-17-23(3)4)27-21-25(35-6)13-15-29(27)37-31;1-2/h7-15,20-23H,16-19H2,1-6H3;1-2H3/q+1;. The highest BCUT2D eigenvalue weighted by atomic mass is 32.2. The largest absolute Gasteiger partial charge is 0.497 e. The van der Waals surface area contributed by atoms with Crippen LogP contribution in [0.1, 0.15) is 59.4 Å². The SMILES string of the molecule is CC.COc1ccc2c(c1)N(CCC(C)C)/C(=C/C=C/C=C/c1sc3ccc(OC)cc3[n+]1CCC(C)C)S2.